The third-order valence-electron chi connectivity index (χ3n) is 2.61. The van der Waals surface area contributed by atoms with E-state index >= 15 is 0 Å². The highest BCUT2D eigenvalue weighted by Gasteiger charge is 2.51. The number of hydrogen-bond donors (Lipinski definition) is 1. The number of esters is 1. The predicted molar refractivity (Wildman–Crippen MR) is 35.4 cm³/mol. The van der Waals surface area contributed by atoms with Crippen LogP contribution in [-0.4, -0.2) is 25.7 Å². The Bertz CT molecular complexity index is 155. The molecule has 1 aliphatic carbocycles. The molecule has 3 atom stereocenters. The quantitative estimate of drug-likeness (QED) is 0.512. The van der Waals surface area contributed by atoms with Gasteiger partial charge in [-0.1, -0.05) is 0 Å². The fraction of sp³-hybridized carbons (Fsp3) is 0.857. The smallest absolute Gasteiger partial charge is 0.310 e. The molecule has 3 fully saturated rings. The number of methoxy groups -OCH3 is 1. The molecule has 0 aromatic rings. The van der Waals surface area contributed by atoms with Crippen LogP contribution in [0.3, 0.4) is 0 Å². The highest BCUT2D eigenvalue weighted by atomic mass is 16.5. The second-order valence-corrected chi connectivity index (χ2v) is 3.06. The van der Waals surface area contributed by atoms with Gasteiger partial charge in [-0.15, -0.1) is 0 Å². The zero-order valence-corrected chi connectivity index (χ0v) is 5.96. The highest BCUT2D eigenvalue weighted by Crippen LogP contribution is 2.40. The molecular formula is C7H11NO2. The van der Waals surface area contributed by atoms with Crippen molar-refractivity contribution in [3.05, 3.63) is 0 Å². The molecular weight excluding hydrogens is 130 g/mol. The minimum Gasteiger partial charge on any atom is -0.469 e. The number of carbonyl (C=O) groups is 1. The lowest BCUT2D eigenvalue weighted by molar-refractivity contribution is -0.150. The Morgan fingerprint density at radius 3 is 2.90 bits per heavy atom. The van der Waals surface area contributed by atoms with Crippen LogP contribution in [-0.2, 0) is 9.53 Å². The van der Waals surface area contributed by atoms with Crippen molar-refractivity contribution in [2.45, 2.75) is 12.5 Å². The van der Waals surface area contributed by atoms with E-state index in [1.54, 1.807) is 0 Å². The molecule has 2 bridgehead atoms. The van der Waals surface area contributed by atoms with Gasteiger partial charge < -0.3 is 10.1 Å². The zero-order chi connectivity index (χ0) is 7.14. The molecule has 0 radical (unpaired) electrons. The summed E-state index contributed by atoms with van der Waals surface area (Å²) >= 11 is 0. The van der Waals surface area contributed by atoms with Crippen LogP contribution in [0.25, 0.3) is 0 Å². The van der Waals surface area contributed by atoms with Crippen molar-refractivity contribution in [2.24, 2.45) is 11.8 Å². The summed E-state index contributed by atoms with van der Waals surface area (Å²) in [6, 6.07) is 0.428. The number of nitrogens with one attached hydrogen (secondary N) is 1. The van der Waals surface area contributed by atoms with Gasteiger partial charge in [0.25, 0.3) is 0 Å². The molecule has 0 unspecified atom stereocenters. The van der Waals surface area contributed by atoms with Gasteiger partial charge in [0.05, 0.1) is 13.0 Å². The van der Waals surface area contributed by atoms with E-state index in [9.17, 15) is 4.79 Å². The fourth-order valence-electron chi connectivity index (χ4n) is 1.97. The Morgan fingerprint density at radius 1 is 1.70 bits per heavy atom. The summed E-state index contributed by atoms with van der Waals surface area (Å²) < 4.78 is 4.66. The maximum atomic E-state index is 11.0. The van der Waals surface area contributed by atoms with Crippen LogP contribution in [0.1, 0.15) is 6.42 Å². The van der Waals surface area contributed by atoms with Gasteiger partial charge in [0.2, 0.25) is 0 Å². The first-order valence-electron chi connectivity index (χ1n) is 3.64. The van der Waals surface area contributed by atoms with E-state index in [0.717, 1.165) is 6.54 Å². The van der Waals surface area contributed by atoms with E-state index in [2.05, 4.69) is 10.1 Å². The van der Waals surface area contributed by atoms with Crippen molar-refractivity contribution in [3.63, 3.8) is 0 Å². The van der Waals surface area contributed by atoms with Gasteiger partial charge in [0, 0.05) is 6.04 Å². The molecule has 0 amide bonds. The summed E-state index contributed by atoms with van der Waals surface area (Å²) in [6.45, 7) is 1.00. The molecule has 2 saturated heterocycles. The third kappa shape index (κ3) is 0.611. The normalized spacial score (nSPS) is 42.7. The maximum absolute atomic E-state index is 11.0. The predicted octanol–water partition coefficient (Wildman–Crippen LogP) is -0.233. The average molecular weight is 141 g/mol. The molecule has 0 spiro atoms. The van der Waals surface area contributed by atoms with Crippen molar-refractivity contribution < 1.29 is 9.53 Å². The van der Waals surface area contributed by atoms with Crippen LogP contribution in [0.4, 0.5) is 0 Å². The first kappa shape index (κ1) is 6.16. The first-order chi connectivity index (χ1) is 4.83. The van der Waals surface area contributed by atoms with Gasteiger partial charge in [-0.2, -0.15) is 0 Å². The minimum absolute atomic E-state index is 0.0359. The first-order valence-corrected chi connectivity index (χ1v) is 3.64. The topological polar surface area (TPSA) is 38.3 Å². The fourth-order valence-corrected chi connectivity index (χ4v) is 1.97. The lowest BCUT2D eigenvalue weighted by Gasteiger charge is -2.31. The molecule has 2 heterocycles. The van der Waals surface area contributed by atoms with Crippen LogP contribution in [0.15, 0.2) is 0 Å². The number of rotatable bonds is 1. The van der Waals surface area contributed by atoms with E-state index in [1.807, 2.05) is 0 Å². The molecule has 3 rings (SSSR count). The van der Waals surface area contributed by atoms with Crippen LogP contribution in [0.2, 0.25) is 0 Å². The molecule has 1 saturated carbocycles. The van der Waals surface area contributed by atoms with E-state index in [1.165, 1.54) is 13.5 Å². The van der Waals surface area contributed by atoms with Gasteiger partial charge in [-0.3, -0.25) is 4.79 Å². The monoisotopic (exact) mass is 141 g/mol. The molecule has 2 aliphatic heterocycles. The zero-order valence-electron chi connectivity index (χ0n) is 5.96. The summed E-state index contributed by atoms with van der Waals surface area (Å²) in [6.07, 6.45) is 1.17. The Morgan fingerprint density at radius 2 is 2.50 bits per heavy atom. The number of hydrogen-bond acceptors (Lipinski definition) is 3. The van der Waals surface area contributed by atoms with E-state index in [0.29, 0.717) is 12.0 Å². The average Bonchev–Trinajstić information content (AvgIpc) is 2.44. The molecule has 0 aromatic heterocycles. The van der Waals surface area contributed by atoms with Crippen molar-refractivity contribution in [3.8, 4) is 0 Å². The van der Waals surface area contributed by atoms with Crippen LogP contribution >= 0.6 is 0 Å². The number of fused-ring (bicyclic) bond motifs is 1. The third-order valence-corrected chi connectivity index (χ3v) is 2.61. The number of ether oxygens (including phenoxy) is 1. The molecule has 56 valence electrons. The summed E-state index contributed by atoms with van der Waals surface area (Å²) in [5.74, 6) is 0.702. The Kier molecular flexibility index (Phi) is 1.20. The summed E-state index contributed by atoms with van der Waals surface area (Å²) in [5, 5.41) is 3.26. The van der Waals surface area contributed by atoms with Gasteiger partial charge in [-0.05, 0) is 18.9 Å². The van der Waals surface area contributed by atoms with E-state index in [-0.39, 0.29) is 11.9 Å². The summed E-state index contributed by atoms with van der Waals surface area (Å²) in [5.41, 5.74) is 0. The highest BCUT2D eigenvalue weighted by molar-refractivity contribution is 5.75. The van der Waals surface area contributed by atoms with Gasteiger partial charge >= 0.3 is 5.97 Å². The number of carbonyl (C=O) groups excluding carboxylic acids is 1. The van der Waals surface area contributed by atoms with Crippen molar-refractivity contribution >= 4 is 5.97 Å². The van der Waals surface area contributed by atoms with Gasteiger partial charge in [-0.25, -0.2) is 0 Å². The second kappa shape index (κ2) is 1.95. The van der Waals surface area contributed by atoms with Crippen molar-refractivity contribution in [1.82, 2.24) is 5.32 Å². The van der Waals surface area contributed by atoms with E-state index in [4.69, 9.17) is 0 Å². The molecule has 3 heteroatoms. The summed E-state index contributed by atoms with van der Waals surface area (Å²) in [4.78, 5) is 11.0. The van der Waals surface area contributed by atoms with Crippen LogP contribution in [0.5, 0.6) is 0 Å². The molecule has 3 aliphatic rings. The summed E-state index contributed by atoms with van der Waals surface area (Å²) in [7, 11) is 1.46. The Hall–Kier alpha value is -0.570. The standard InChI is InChI=1S/C7H11NO2/c1-10-7(9)6-4-2-5(6)8-3-4/h4-6,8H,2-3H2,1H3/t4-,5+,6+/m0/s1. The van der Waals surface area contributed by atoms with Crippen LogP contribution < -0.4 is 5.32 Å². The Balaban J connectivity index is 2.02. The second-order valence-electron chi connectivity index (χ2n) is 3.06. The molecule has 1 N–H and O–H groups in total. The molecule has 3 nitrogen and oxygen atoms in total. The van der Waals surface area contributed by atoms with Crippen molar-refractivity contribution in [2.75, 3.05) is 13.7 Å². The lowest BCUT2D eigenvalue weighted by Crippen LogP contribution is -2.42. The van der Waals surface area contributed by atoms with Gasteiger partial charge in [0.15, 0.2) is 0 Å². The Labute approximate surface area is 59.7 Å². The maximum Gasteiger partial charge on any atom is 0.310 e. The van der Waals surface area contributed by atoms with Gasteiger partial charge in [0.1, 0.15) is 0 Å². The van der Waals surface area contributed by atoms with Crippen molar-refractivity contribution in [1.29, 1.82) is 0 Å². The SMILES string of the molecule is COC(=O)[C@@H]1[C@@H]2CN[C@@H]1C2. The molecule has 0 aromatic carbocycles. The molecule has 10 heavy (non-hydrogen) atoms. The lowest BCUT2D eigenvalue weighted by atomic mass is 9.74. The minimum atomic E-state index is -0.0359. The van der Waals surface area contributed by atoms with E-state index < -0.39 is 0 Å². The largest absolute Gasteiger partial charge is 0.469 e. The van der Waals surface area contributed by atoms with Crippen LogP contribution in [0, 0.1) is 11.8 Å².